The number of hydrogen-bond donors (Lipinski definition) is 0. The van der Waals surface area contributed by atoms with Gasteiger partial charge in [0, 0.05) is 17.1 Å². The number of nitrogens with zero attached hydrogens (tertiary/aromatic N) is 1. The first-order valence-corrected chi connectivity index (χ1v) is 22.6. The Balaban J connectivity index is 1.04. The van der Waals surface area contributed by atoms with E-state index in [4.69, 9.17) is 0 Å². The third-order valence-corrected chi connectivity index (χ3v) is 13.8. The molecule has 2 aliphatic rings. The van der Waals surface area contributed by atoms with Crippen LogP contribution in [0.2, 0.25) is 0 Å². The van der Waals surface area contributed by atoms with Crippen molar-refractivity contribution in [3.05, 3.63) is 316 Å². The summed E-state index contributed by atoms with van der Waals surface area (Å²) in [5, 5.41) is 0. The molecule has 0 unspecified atom stereocenters. The first kappa shape index (κ1) is 38.4. The Morgan fingerprint density at radius 3 is 1.25 bits per heavy atom. The first-order chi connectivity index (χ1) is 32.3. The Morgan fingerprint density at radius 1 is 0.277 bits per heavy atom. The topological polar surface area (TPSA) is 3.24 Å². The third kappa shape index (κ3) is 6.00. The molecule has 0 atom stereocenters. The van der Waals surface area contributed by atoms with Crippen molar-refractivity contribution in [3.63, 3.8) is 0 Å². The molecule has 306 valence electrons. The van der Waals surface area contributed by atoms with E-state index in [9.17, 15) is 0 Å². The van der Waals surface area contributed by atoms with Gasteiger partial charge in [0.1, 0.15) is 0 Å². The molecule has 12 rings (SSSR count). The molecule has 1 nitrogen and oxygen atoms in total. The third-order valence-electron chi connectivity index (χ3n) is 13.8. The van der Waals surface area contributed by atoms with Crippen molar-refractivity contribution in [1.29, 1.82) is 0 Å². The van der Waals surface area contributed by atoms with E-state index in [2.05, 4.69) is 278 Å². The molecule has 0 spiro atoms. The molecule has 0 radical (unpaired) electrons. The van der Waals surface area contributed by atoms with Crippen molar-refractivity contribution in [1.82, 2.24) is 0 Å². The fraction of sp³-hybridized carbons (Fsp3) is 0.0312. The van der Waals surface area contributed by atoms with E-state index in [0.717, 1.165) is 22.6 Å². The lowest BCUT2D eigenvalue weighted by atomic mass is 9.67. The van der Waals surface area contributed by atoms with Crippen LogP contribution in [-0.4, -0.2) is 0 Å². The number of fused-ring (bicyclic) bond motifs is 6. The van der Waals surface area contributed by atoms with Gasteiger partial charge in [-0.15, -0.1) is 0 Å². The molecule has 1 heteroatoms. The smallest absolute Gasteiger partial charge is 0.0714 e. The maximum atomic E-state index is 2.45. The van der Waals surface area contributed by atoms with Gasteiger partial charge >= 0.3 is 0 Å². The number of para-hydroxylation sites is 2. The summed E-state index contributed by atoms with van der Waals surface area (Å²) in [6, 6.07) is 95.8. The summed E-state index contributed by atoms with van der Waals surface area (Å²) < 4.78 is 0. The molecule has 0 heterocycles. The molecular weight excluding hydrogens is 783 g/mol. The Bertz CT molecular complexity index is 3220. The van der Waals surface area contributed by atoms with Crippen molar-refractivity contribution in [3.8, 4) is 22.3 Å². The maximum Gasteiger partial charge on any atom is 0.0714 e. The van der Waals surface area contributed by atoms with Crippen LogP contribution in [-0.2, 0) is 10.8 Å². The van der Waals surface area contributed by atoms with Gasteiger partial charge in [-0.2, -0.15) is 0 Å². The molecule has 0 aliphatic heterocycles. The van der Waals surface area contributed by atoms with Crippen molar-refractivity contribution in [2.24, 2.45) is 0 Å². The largest absolute Gasteiger partial charge is 0.310 e. The molecule has 2 aliphatic carbocycles. The van der Waals surface area contributed by atoms with Crippen LogP contribution in [0.5, 0.6) is 0 Å². The van der Waals surface area contributed by atoms with Crippen LogP contribution in [0.25, 0.3) is 34.4 Å². The highest BCUT2D eigenvalue weighted by Crippen LogP contribution is 2.59. The Kier molecular flexibility index (Phi) is 9.35. The molecule has 0 saturated heterocycles. The van der Waals surface area contributed by atoms with Gasteiger partial charge in [-0.25, -0.2) is 0 Å². The molecule has 0 bridgehead atoms. The monoisotopic (exact) mass is 827 g/mol. The van der Waals surface area contributed by atoms with Crippen LogP contribution in [0, 0.1) is 0 Å². The molecule has 10 aromatic rings. The summed E-state index contributed by atoms with van der Waals surface area (Å²) in [7, 11) is 0. The summed E-state index contributed by atoms with van der Waals surface area (Å²) in [5.74, 6) is 0. The molecule has 65 heavy (non-hydrogen) atoms. The second kappa shape index (κ2) is 15.8. The summed E-state index contributed by atoms with van der Waals surface area (Å²) in [6.07, 6.45) is 4.67. The van der Waals surface area contributed by atoms with Gasteiger partial charge in [0.15, 0.2) is 0 Å². The zero-order valence-corrected chi connectivity index (χ0v) is 35.9. The highest BCUT2D eigenvalue weighted by Gasteiger charge is 2.48. The molecule has 0 amide bonds. The second-order valence-corrected chi connectivity index (χ2v) is 17.2. The predicted molar refractivity (Wildman–Crippen MR) is 271 cm³/mol. The second-order valence-electron chi connectivity index (χ2n) is 17.2. The summed E-state index contributed by atoms with van der Waals surface area (Å²) in [6.45, 7) is 0. The Hall–Kier alpha value is -8.26. The SMILES string of the molecule is C(=C\c1cccc2c1-c1ccccc1C2(c1ccccc1)c1ccccc1)/c1ccc2c(c1)C(c1ccccc1)(c1ccccc1)c1cc(N(c3ccccc3)c3ccccc3)ccc1-2. The lowest BCUT2D eigenvalue weighted by Gasteiger charge is -2.35. The molecule has 0 N–H and O–H groups in total. The Labute approximate surface area is 381 Å². The summed E-state index contributed by atoms with van der Waals surface area (Å²) in [5.41, 5.74) is 20.0. The maximum absolute atomic E-state index is 2.45. The normalized spacial score (nSPS) is 13.7. The highest BCUT2D eigenvalue weighted by atomic mass is 15.1. The summed E-state index contributed by atoms with van der Waals surface area (Å²) in [4.78, 5) is 2.37. The van der Waals surface area contributed by atoms with Crippen LogP contribution in [0.4, 0.5) is 17.1 Å². The fourth-order valence-corrected chi connectivity index (χ4v) is 11.2. The van der Waals surface area contributed by atoms with Crippen LogP contribution in [0.3, 0.4) is 0 Å². The van der Waals surface area contributed by atoms with Crippen molar-refractivity contribution in [2.75, 3.05) is 4.90 Å². The van der Waals surface area contributed by atoms with Crippen LogP contribution < -0.4 is 4.90 Å². The minimum Gasteiger partial charge on any atom is -0.310 e. The quantitative estimate of drug-likeness (QED) is 0.131. The number of anilines is 3. The Morgan fingerprint density at radius 2 is 0.708 bits per heavy atom. The van der Waals surface area contributed by atoms with Gasteiger partial charge in [0.05, 0.1) is 10.8 Å². The van der Waals surface area contributed by atoms with Crippen LogP contribution in [0.1, 0.15) is 55.6 Å². The zero-order valence-electron chi connectivity index (χ0n) is 35.9. The minimum atomic E-state index is -0.579. The van der Waals surface area contributed by atoms with Crippen molar-refractivity contribution < 1.29 is 0 Å². The summed E-state index contributed by atoms with van der Waals surface area (Å²) >= 11 is 0. The van der Waals surface area contributed by atoms with E-state index >= 15 is 0 Å². The minimum absolute atomic E-state index is 0.446. The van der Waals surface area contributed by atoms with Gasteiger partial charge in [-0.05, 0) is 120 Å². The van der Waals surface area contributed by atoms with Crippen LogP contribution in [0.15, 0.2) is 261 Å². The molecule has 0 fully saturated rings. The van der Waals surface area contributed by atoms with E-state index in [1.165, 1.54) is 72.3 Å². The lowest BCUT2D eigenvalue weighted by Crippen LogP contribution is -2.28. The lowest BCUT2D eigenvalue weighted by molar-refractivity contribution is 0.768. The van der Waals surface area contributed by atoms with Gasteiger partial charge in [-0.1, -0.05) is 231 Å². The first-order valence-electron chi connectivity index (χ1n) is 22.6. The van der Waals surface area contributed by atoms with Gasteiger partial charge in [0.25, 0.3) is 0 Å². The van der Waals surface area contributed by atoms with Crippen molar-refractivity contribution in [2.45, 2.75) is 10.8 Å². The number of benzene rings is 10. The van der Waals surface area contributed by atoms with Crippen molar-refractivity contribution >= 4 is 29.2 Å². The van der Waals surface area contributed by atoms with Gasteiger partial charge < -0.3 is 4.90 Å². The zero-order chi connectivity index (χ0) is 43.2. The van der Waals surface area contributed by atoms with E-state index in [-0.39, 0.29) is 0 Å². The predicted octanol–water partition coefficient (Wildman–Crippen LogP) is 16.1. The number of hydrogen-bond acceptors (Lipinski definition) is 1. The average molecular weight is 828 g/mol. The highest BCUT2D eigenvalue weighted by molar-refractivity contribution is 5.94. The number of rotatable bonds is 9. The van der Waals surface area contributed by atoms with E-state index in [0.29, 0.717) is 0 Å². The molecule has 0 saturated carbocycles. The van der Waals surface area contributed by atoms with E-state index in [1.54, 1.807) is 0 Å². The van der Waals surface area contributed by atoms with Gasteiger partial charge in [-0.3, -0.25) is 0 Å². The molecule has 0 aromatic heterocycles. The van der Waals surface area contributed by atoms with E-state index < -0.39 is 10.8 Å². The fourth-order valence-electron chi connectivity index (χ4n) is 11.2. The molecular formula is C64H45N. The van der Waals surface area contributed by atoms with Crippen LogP contribution >= 0.6 is 0 Å². The standard InChI is InChI=1S/C64H45N/c1-7-23-48(24-8-1)63(49-25-9-2-10-26-49)58-36-20-19-35-57(58)62-47(22-21-37-59(62)63)40-38-46-39-42-55-56-43-41-54(65(52-31-15-5-16-32-52)53-33-17-6-18-34-53)45-61(56)64(60(55)44-46,50-27-11-3-12-28-50)51-29-13-4-14-30-51/h1-45H/b40-38+. The average Bonchev–Trinajstić information content (AvgIpc) is 3.86. The van der Waals surface area contributed by atoms with E-state index in [1.807, 2.05) is 0 Å². The van der Waals surface area contributed by atoms with Gasteiger partial charge in [0.2, 0.25) is 0 Å². The molecule has 10 aromatic carbocycles.